The molecule has 5 nitrogen and oxygen atoms in total. The van der Waals surface area contributed by atoms with Crippen LogP contribution in [0, 0.1) is 0 Å². The fourth-order valence-corrected chi connectivity index (χ4v) is 3.64. The molecule has 0 spiro atoms. The van der Waals surface area contributed by atoms with Crippen molar-refractivity contribution in [3.05, 3.63) is 5.82 Å². The van der Waals surface area contributed by atoms with Crippen LogP contribution in [0.5, 0.6) is 0 Å². The van der Waals surface area contributed by atoms with Gasteiger partial charge in [0.2, 0.25) is 5.13 Å². The van der Waals surface area contributed by atoms with Gasteiger partial charge in [0.25, 0.3) is 0 Å². The molecule has 0 radical (unpaired) electrons. The molecule has 2 atom stereocenters. The van der Waals surface area contributed by atoms with E-state index in [1.807, 2.05) is 0 Å². The van der Waals surface area contributed by atoms with Gasteiger partial charge in [-0.15, -0.1) is 0 Å². The Bertz CT molecular complexity index is 447. The van der Waals surface area contributed by atoms with E-state index in [0.29, 0.717) is 18.1 Å². The van der Waals surface area contributed by atoms with Crippen LogP contribution in [-0.2, 0) is 4.74 Å². The molecule has 18 heavy (non-hydrogen) atoms. The molecule has 3 fully saturated rings. The average molecular weight is 266 g/mol. The van der Waals surface area contributed by atoms with Crippen molar-refractivity contribution in [3.8, 4) is 0 Å². The predicted molar refractivity (Wildman–Crippen MR) is 70.3 cm³/mol. The minimum absolute atomic E-state index is 0.344. The quantitative estimate of drug-likeness (QED) is 0.797. The summed E-state index contributed by atoms with van der Waals surface area (Å²) in [6.07, 6.45) is 2.89. The molecule has 6 heteroatoms. The van der Waals surface area contributed by atoms with Crippen LogP contribution in [0.4, 0.5) is 5.13 Å². The highest BCUT2D eigenvalue weighted by Crippen LogP contribution is 2.40. The first kappa shape index (κ1) is 11.1. The van der Waals surface area contributed by atoms with E-state index in [-0.39, 0.29) is 0 Å². The summed E-state index contributed by atoms with van der Waals surface area (Å²) < 4.78 is 10.4. The Morgan fingerprint density at radius 2 is 2.22 bits per heavy atom. The standard InChI is InChI=1S/C12H18N4OS/c1-15-4-5-17-10-7-16(6-9(10)15)12-13-11(14-18-12)8-2-3-8/h8-10H,2-7H2,1H3. The summed E-state index contributed by atoms with van der Waals surface area (Å²) in [6, 6.07) is 0.520. The zero-order valence-electron chi connectivity index (χ0n) is 10.6. The molecular weight excluding hydrogens is 248 g/mol. The van der Waals surface area contributed by atoms with E-state index in [9.17, 15) is 0 Å². The second-order valence-electron chi connectivity index (χ2n) is 5.57. The number of morpholine rings is 1. The van der Waals surface area contributed by atoms with Crippen LogP contribution in [0.3, 0.4) is 0 Å². The van der Waals surface area contributed by atoms with Crippen LogP contribution < -0.4 is 4.90 Å². The molecule has 0 amide bonds. The summed E-state index contributed by atoms with van der Waals surface area (Å²) in [6.45, 7) is 3.89. The van der Waals surface area contributed by atoms with Gasteiger partial charge in [0.05, 0.1) is 18.8 Å². The Balaban J connectivity index is 1.51. The maximum absolute atomic E-state index is 5.86. The van der Waals surface area contributed by atoms with Crippen molar-refractivity contribution in [3.63, 3.8) is 0 Å². The molecule has 1 aliphatic carbocycles. The van der Waals surface area contributed by atoms with Crippen LogP contribution >= 0.6 is 11.5 Å². The van der Waals surface area contributed by atoms with E-state index in [1.165, 1.54) is 12.8 Å². The molecule has 1 aromatic heterocycles. The number of fused-ring (bicyclic) bond motifs is 1. The molecular formula is C12H18N4OS. The molecule has 3 heterocycles. The molecule has 2 aliphatic heterocycles. The molecule has 2 saturated heterocycles. The lowest BCUT2D eigenvalue weighted by Gasteiger charge is -2.33. The molecule has 3 aliphatic rings. The van der Waals surface area contributed by atoms with E-state index in [4.69, 9.17) is 9.72 Å². The fourth-order valence-electron chi connectivity index (χ4n) is 2.88. The highest BCUT2D eigenvalue weighted by molar-refractivity contribution is 7.09. The van der Waals surface area contributed by atoms with Gasteiger partial charge in [0.1, 0.15) is 5.82 Å². The minimum Gasteiger partial charge on any atom is -0.373 e. The van der Waals surface area contributed by atoms with Crippen molar-refractivity contribution < 1.29 is 4.74 Å². The number of hydrogen-bond acceptors (Lipinski definition) is 6. The van der Waals surface area contributed by atoms with Gasteiger partial charge >= 0.3 is 0 Å². The van der Waals surface area contributed by atoms with Gasteiger partial charge in [-0.1, -0.05) is 0 Å². The Hall–Kier alpha value is -0.720. The van der Waals surface area contributed by atoms with Crippen LogP contribution in [-0.4, -0.2) is 59.7 Å². The summed E-state index contributed by atoms with van der Waals surface area (Å²) in [7, 11) is 2.19. The van der Waals surface area contributed by atoms with E-state index >= 15 is 0 Å². The normalized spacial score (nSPS) is 32.8. The summed E-state index contributed by atoms with van der Waals surface area (Å²) in [5.41, 5.74) is 0. The topological polar surface area (TPSA) is 41.5 Å². The predicted octanol–water partition coefficient (Wildman–Crippen LogP) is 0.935. The first-order valence-electron chi connectivity index (χ1n) is 6.71. The van der Waals surface area contributed by atoms with E-state index in [0.717, 1.165) is 37.2 Å². The number of nitrogens with zero attached hydrogens (tertiary/aromatic N) is 4. The summed E-state index contributed by atoms with van der Waals surface area (Å²) in [5, 5.41) is 1.09. The van der Waals surface area contributed by atoms with Crippen LogP contribution in [0.15, 0.2) is 0 Å². The lowest BCUT2D eigenvalue weighted by atomic mass is 10.1. The molecule has 4 rings (SSSR count). The summed E-state index contributed by atoms with van der Waals surface area (Å²) in [5.74, 6) is 1.72. The second kappa shape index (κ2) is 4.15. The Morgan fingerprint density at radius 3 is 3.00 bits per heavy atom. The smallest absolute Gasteiger partial charge is 0.205 e. The zero-order valence-corrected chi connectivity index (χ0v) is 11.4. The van der Waals surface area contributed by atoms with Crippen molar-refractivity contribution in [2.75, 3.05) is 38.2 Å². The molecule has 0 aromatic carbocycles. The third-order valence-electron chi connectivity index (χ3n) is 4.22. The highest BCUT2D eigenvalue weighted by Gasteiger charge is 2.40. The second-order valence-corrected chi connectivity index (χ2v) is 6.30. The van der Waals surface area contributed by atoms with Crippen LogP contribution in [0.2, 0.25) is 0 Å². The Labute approximate surface area is 111 Å². The third-order valence-corrected chi connectivity index (χ3v) is 5.01. The largest absolute Gasteiger partial charge is 0.373 e. The monoisotopic (exact) mass is 266 g/mol. The summed E-state index contributed by atoms with van der Waals surface area (Å²) >= 11 is 1.55. The van der Waals surface area contributed by atoms with Gasteiger partial charge in [-0.05, 0) is 19.9 Å². The van der Waals surface area contributed by atoms with Gasteiger partial charge in [-0.25, -0.2) is 4.98 Å². The third kappa shape index (κ3) is 1.83. The fraction of sp³-hybridized carbons (Fsp3) is 0.833. The molecule has 0 bridgehead atoms. The highest BCUT2D eigenvalue weighted by atomic mass is 32.1. The zero-order chi connectivity index (χ0) is 12.1. The molecule has 1 saturated carbocycles. The number of rotatable bonds is 2. The van der Waals surface area contributed by atoms with Crippen LogP contribution in [0.1, 0.15) is 24.6 Å². The van der Waals surface area contributed by atoms with Gasteiger partial charge in [-0.3, -0.25) is 4.90 Å². The van der Waals surface area contributed by atoms with Crippen molar-refractivity contribution >= 4 is 16.7 Å². The Morgan fingerprint density at radius 1 is 1.33 bits per heavy atom. The molecule has 98 valence electrons. The molecule has 1 aromatic rings. The molecule has 2 unspecified atom stereocenters. The van der Waals surface area contributed by atoms with Gasteiger partial charge in [0, 0.05) is 37.1 Å². The van der Waals surface area contributed by atoms with Gasteiger partial charge < -0.3 is 9.64 Å². The number of hydrogen-bond donors (Lipinski definition) is 0. The van der Waals surface area contributed by atoms with E-state index < -0.39 is 0 Å². The number of anilines is 1. The SMILES string of the molecule is CN1CCOC2CN(c3nc(C4CC4)ns3)CC21. The lowest BCUT2D eigenvalue weighted by molar-refractivity contribution is -0.0362. The van der Waals surface area contributed by atoms with Gasteiger partial charge in [-0.2, -0.15) is 4.37 Å². The van der Waals surface area contributed by atoms with Crippen molar-refractivity contribution in [2.45, 2.75) is 30.9 Å². The van der Waals surface area contributed by atoms with E-state index in [1.54, 1.807) is 11.5 Å². The number of aromatic nitrogens is 2. The lowest BCUT2D eigenvalue weighted by Crippen LogP contribution is -2.48. The van der Waals surface area contributed by atoms with E-state index in [2.05, 4.69) is 21.2 Å². The number of ether oxygens (including phenoxy) is 1. The summed E-state index contributed by atoms with van der Waals surface area (Å²) in [4.78, 5) is 9.46. The average Bonchev–Trinajstić information content (AvgIpc) is 2.93. The van der Waals surface area contributed by atoms with Crippen LogP contribution in [0.25, 0.3) is 0 Å². The van der Waals surface area contributed by atoms with Crippen molar-refractivity contribution in [1.29, 1.82) is 0 Å². The Kier molecular flexibility index (Phi) is 2.56. The van der Waals surface area contributed by atoms with Crippen molar-refractivity contribution in [1.82, 2.24) is 14.3 Å². The van der Waals surface area contributed by atoms with Gasteiger partial charge in [0.15, 0.2) is 0 Å². The van der Waals surface area contributed by atoms with Crippen molar-refractivity contribution in [2.24, 2.45) is 0 Å². The maximum atomic E-state index is 5.86. The maximum Gasteiger partial charge on any atom is 0.205 e. The first-order chi connectivity index (χ1) is 8.81. The molecule has 0 N–H and O–H groups in total. The number of likely N-dealkylation sites (N-methyl/N-ethyl adjacent to an activating group) is 1. The minimum atomic E-state index is 0.344. The first-order valence-corrected chi connectivity index (χ1v) is 7.49.